The van der Waals surface area contributed by atoms with Crippen LogP contribution in [0.15, 0.2) is 0 Å². The van der Waals surface area contributed by atoms with E-state index in [4.69, 9.17) is 25.5 Å². The third-order valence-corrected chi connectivity index (χ3v) is 8.63. The predicted molar refractivity (Wildman–Crippen MR) is 81.1 cm³/mol. The Morgan fingerprint density at radius 2 is 2.05 bits per heavy atom. The molecular formula is C12H24BClO4Si. The minimum atomic E-state index is -1.82. The van der Waals surface area contributed by atoms with Crippen LogP contribution in [0.2, 0.25) is 18.1 Å². The van der Waals surface area contributed by atoms with E-state index >= 15 is 0 Å². The second-order valence-electron chi connectivity index (χ2n) is 6.69. The van der Waals surface area contributed by atoms with Gasteiger partial charge >= 0.3 is 5.43 Å². The third-order valence-electron chi connectivity index (χ3n) is 4.04. The van der Waals surface area contributed by atoms with Crippen molar-refractivity contribution in [2.24, 2.45) is 0 Å². The molecule has 4 nitrogen and oxygen atoms in total. The third kappa shape index (κ3) is 4.77. The van der Waals surface area contributed by atoms with Crippen LogP contribution >= 0.6 is 11.6 Å². The normalized spacial score (nSPS) is 28.4. The summed E-state index contributed by atoms with van der Waals surface area (Å²) in [7, 11) is 0.142. The highest BCUT2D eigenvalue weighted by Crippen LogP contribution is 2.37. The fourth-order valence-corrected chi connectivity index (χ4v) is 2.95. The zero-order valence-corrected chi connectivity index (χ0v) is 14.4. The van der Waals surface area contributed by atoms with E-state index in [2.05, 4.69) is 33.9 Å². The Hall–Kier alpha value is -0.0382. The highest BCUT2D eigenvalue weighted by Gasteiger charge is 2.41. The summed E-state index contributed by atoms with van der Waals surface area (Å²) in [4.78, 5) is 10.9. The summed E-state index contributed by atoms with van der Waals surface area (Å²) in [6.45, 7) is 11.4. The molecule has 1 heterocycles. The molecule has 0 bridgehead atoms. The summed E-state index contributed by atoms with van der Waals surface area (Å²) in [5.41, 5.74) is -0.778. The van der Waals surface area contributed by atoms with Crippen molar-refractivity contribution in [3.63, 3.8) is 0 Å². The molecule has 19 heavy (non-hydrogen) atoms. The van der Waals surface area contributed by atoms with Crippen molar-refractivity contribution in [2.45, 2.75) is 63.5 Å². The molecule has 1 unspecified atom stereocenters. The van der Waals surface area contributed by atoms with Gasteiger partial charge in [0.1, 0.15) is 20.1 Å². The fraction of sp³-hybridized carbons (Fsp3) is 0.917. The van der Waals surface area contributed by atoms with Crippen LogP contribution in [-0.4, -0.2) is 46.4 Å². The predicted octanol–water partition coefficient (Wildman–Crippen LogP) is 2.50. The standard InChI is InChI=1S/C12H24BClO4Si/c1-12(2,3)19(4,5)16-7-9-8(18-11(14)15)6-10(13)17-9/h8-10H,6-7,13H2,1-5H3/t8?,9-,10-/m1/s1. The average Bonchev–Trinajstić information content (AvgIpc) is 2.53. The van der Waals surface area contributed by atoms with Gasteiger partial charge in [0.25, 0.3) is 0 Å². The smallest absolute Gasteiger partial charge is 0.404 e. The van der Waals surface area contributed by atoms with Gasteiger partial charge in [-0.2, -0.15) is 0 Å². The molecule has 1 saturated heterocycles. The highest BCUT2D eigenvalue weighted by molar-refractivity contribution is 6.74. The van der Waals surface area contributed by atoms with Gasteiger partial charge in [0.15, 0.2) is 8.32 Å². The number of ether oxygens (including phenoxy) is 2. The molecule has 1 fully saturated rings. The van der Waals surface area contributed by atoms with E-state index in [0.717, 1.165) is 0 Å². The van der Waals surface area contributed by atoms with E-state index in [1.165, 1.54) is 0 Å². The van der Waals surface area contributed by atoms with Gasteiger partial charge < -0.3 is 13.9 Å². The second-order valence-corrected chi connectivity index (χ2v) is 11.8. The molecule has 1 aliphatic heterocycles. The van der Waals surface area contributed by atoms with Gasteiger partial charge in [-0.25, -0.2) is 4.79 Å². The molecule has 110 valence electrons. The van der Waals surface area contributed by atoms with E-state index in [1.54, 1.807) is 0 Å². The van der Waals surface area contributed by atoms with Crippen LogP contribution in [-0.2, 0) is 13.9 Å². The van der Waals surface area contributed by atoms with Crippen molar-refractivity contribution < 1.29 is 18.7 Å². The maximum absolute atomic E-state index is 10.9. The molecule has 0 amide bonds. The lowest BCUT2D eigenvalue weighted by atomic mass is 9.96. The van der Waals surface area contributed by atoms with Gasteiger partial charge in [0, 0.05) is 24.0 Å². The molecule has 7 heteroatoms. The van der Waals surface area contributed by atoms with Crippen molar-refractivity contribution in [1.29, 1.82) is 0 Å². The minimum Gasteiger partial charge on any atom is -0.447 e. The van der Waals surface area contributed by atoms with Crippen LogP contribution in [0.5, 0.6) is 0 Å². The largest absolute Gasteiger partial charge is 0.447 e. The van der Waals surface area contributed by atoms with Gasteiger partial charge in [0.05, 0.1) is 6.61 Å². The average molecular weight is 307 g/mol. The summed E-state index contributed by atoms with van der Waals surface area (Å²) < 4.78 is 16.9. The molecule has 0 aromatic heterocycles. The molecule has 0 spiro atoms. The number of rotatable bonds is 4. The van der Waals surface area contributed by atoms with Crippen LogP contribution in [0.3, 0.4) is 0 Å². The van der Waals surface area contributed by atoms with Crippen LogP contribution in [0.25, 0.3) is 0 Å². The monoisotopic (exact) mass is 306 g/mol. The molecule has 1 rings (SSSR count). The number of carbonyl (C=O) groups is 1. The van der Waals surface area contributed by atoms with E-state index in [9.17, 15) is 4.79 Å². The Morgan fingerprint density at radius 1 is 1.47 bits per heavy atom. The van der Waals surface area contributed by atoms with Crippen molar-refractivity contribution in [2.75, 3.05) is 6.61 Å². The number of carbonyl (C=O) groups excluding carboxylic acids is 1. The first-order valence-electron chi connectivity index (χ1n) is 6.68. The van der Waals surface area contributed by atoms with Crippen LogP contribution in [0, 0.1) is 0 Å². The van der Waals surface area contributed by atoms with Crippen molar-refractivity contribution in [3.8, 4) is 0 Å². The summed E-state index contributed by atoms with van der Waals surface area (Å²) in [6, 6.07) is 0.0639. The van der Waals surface area contributed by atoms with Crippen LogP contribution < -0.4 is 0 Å². The Kier molecular flexibility index (Phi) is 5.52. The van der Waals surface area contributed by atoms with Crippen molar-refractivity contribution in [1.82, 2.24) is 0 Å². The lowest BCUT2D eigenvalue weighted by molar-refractivity contribution is -0.00336. The van der Waals surface area contributed by atoms with Gasteiger partial charge in [-0.05, 0) is 18.1 Å². The zero-order valence-electron chi connectivity index (χ0n) is 12.7. The summed E-state index contributed by atoms with van der Waals surface area (Å²) >= 11 is 5.28. The maximum Gasteiger partial charge on any atom is 0.404 e. The highest BCUT2D eigenvalue weighted by atomic mass is 35.5. The fourth-order valence-electron chi connectivity index (χ4n) is 1.82. The summed E-state index contributed by atoms with van der Waals surface area (Å²) in [5.74, 6) is 0. The first-order chi connectivity index (χ1) is 8.53. The number of hydrogen-bond donors (Lipinski definition) is 0. The lowest BCUT2D eigenvalue weighted by Gasteiger charge is -2.37. The number of halogens is 1. The molecule has 0 aliphatic carbocycles. The second kappa shape index (κ2) is 6.16. The Labute approximate surface area is 122 Å². The van der Waals surface area contributed by atoms with Gasteiger partial charge in [-0.3, -0.25) is 0 Å². The molecule has 0 saturated carbocycles. The van der Waals surface area contributed by atoms with E-state index in [-0.39, 0.29) is 23.2 Å². The lowest BCUT2D eigenvalue weighted by Crippen LogP contribution is -2.44. The molecule has 1 aliphatic rings. The molecule has 0 N–H and O–H groups in total. The number of hydrogen-bond acceptors (Lipinski definition) is 4. The van der Waals surface area contributed by atoms with E-state index < -0.39 is 13.7 Å². The maximum atomic E-state index is 10.9. The summed E-state index contributed by atoms with van der Waals surface area (Å²) in [6.07, 6.45) is 0.154. The van der Waals surface area contributed by atoms with Crippen molar-refractivity contribution >= 4 is 33.2 Å². The quantitative estimate of drug-likeness (QED) is 0.591. The first-order valence-corrected chi connectivity index (χ1v) is 9.97. The van der Waals surface area contributed by atoms with Crippen LogP contribution in [0.1, 0.15) is 27.2 Å². The minimum absolute atomic E-state index is 0.0639. The first kappa shape index (κ1) is 17.0. The van der Waals surface area contributed by atoms with Gasteiger partial charge in [-0.1, -0.05) is 20.8 Å². The van der Waals surface area contributed by atoms with E-state index in [0.29, 0.717) is 13.0 Å². The summed E-state index contributed by atoms with van der Waals surface area (Å²) in [5, 5.41) is 0.149. The molecular weight excluding hydrogens is 282 g/mol. The Morgan fingerprint density at radius 3 is 2.53 bits per heavy atom. The molecule has 0 aromatic carbocycles. The zero-order chi connectivity index (χ0) is 14.8. The van der Waals surface area contributed by atoms with Gasteiger partial charge in [0.2, 0.25) is 0 Å². The molecule has 3 atom stereocenters. The Bertz CT molecular complexity index is 332. The molecule has 0 radical (unpaired) electrons. The SMILES string of the molecule is B[C@H]1CC(OC(=O)Cl)[C@@H](CO[Si](C)(C)C(C)(C)C)O1. The topological polar surface area (TPSA) is 44.8 Å². The van der Waals surface area contributed by atoms with Crippen molar-refractivity contribution in [3.05, 3.63) is 0 Å². The van der Waals surface area contributed by atoms with Gasteiger partial charge in [-0.15, -0.1) is 0 Å². The molecule has 0 aromatic rings. The Balaban J connectivity index is 2.58. The van der Waals surface area contributed by atoms with Crippen LogP contribution in [0.4, 0.5) is 4.79 Å². The van der Waals surface area contributed by atoms with E-state index in [1.807, 2.05) is 7.85 Å².